The number of methoxy groups -OCH3 is 2. The molecular formula is C23H27N3O4S. The van der Waals surface area contributed by atoms with Gasteiger partial charge in [-0.25, -0.2) is 9.79 Å². The summed E-state index contributed by atoms with van der Waals surface area (Å²) in [5.74, 6) is 0.832. The second-order valence-corrected chi connectivity index (χ2v) is 8.60. The van der Waals surface area contributed by atoms with E-state index < -0.39 is 12.0 Å². The lowest BCUT2D eigenvalue weighted by molar-refractivity contribution is -0.136. The van der Waals surface area contributed by atoms with Gasteiger partial charge >= 0.3 is 5.97 Å². The molecule has 1 amide bonds. The average Bonchev–Trinajstić information content (AvgIpc) is 3.56. The second-order valence-electron chi connectivity index (χ2n) is 7.77. The fourth-order valence-corrected chi connectivity index (χ4v) is 4.84. The van der Waals surface area contributed by atoms with Crippen molar-refractivity contribution in [2.24, 2.45) is 10.9 Å². The van der Waals surface area contributed by atoms with E-state index in [2.05, 4.69) is 5.32 Å². The standard InChI is InChI=1S/C23H27N3O4S/c1-4-17-20(22(28)30-3)21(16-7-5-6-8-18(16)29-2)26-15(13-31-23(26)25-17)11-19(27)24-12-14-9-10-14/h5-8,13-14,21H,4,9-12H2,1-3H3,(H,24,27)/t21-/m1/s1. The molecule has 2 aliphatic heterocycles. The number of carbonyl (C=O) groups excluding carboxylic acids is 2. The molecule has 7 nitrogen and oxygen atoms in total. The Morgan fingerprint density at radius 1 is 1.26 bits per heavy atom. The molecule has 8 heteroatoms. The minimum atomic E-state index is -0.483. The van der Waals surface area contributed by atoms with Gasteiger partial charge < -0.3 is 19.7 Å². The molecule has 1 aliphatic carbocycles. The molecule has 1 atom stereocenters. The number of nitrogens with one attached hydrogen (secondary N) is 1. The number of aliphatic imine (C=N–C) groups is 1. The first-order valence-electron chi connectivity index (χ1n) is 10.5. The number of esters is 1. The Kier molecular flexibility index (Phi) is 6.36. The van der Waals surface area contributed by atoms with E-state index in [-0.39, 0.29) is 12.3 Å². The Morgan fingerprint density at radius 2 is 2.03 bits per heavy atom. The zero-order valence-electron chi connectivity index (χ0n) is 18.0. The number of amidine groups is 1. The lowest BCUT2D eigenvalue weighted by Gasteiger charge is -2.37. The van der Waals surface area contributed by atoms with E-state index in [9.17, 15) is 9.59 Å². The van der Waals surface area contributed by atoms with Gasteiger partial charge in [0.15, 0.2) is 5.17 Å². The van der Waals surface area contributed by atoms with Crippen LogP contribution in [0.4, 0.5) is 0 Å². The Morgan fingerprint density at radius 3 is 2.71 bits per heavy atom. The summed E-state index contributed by atoms with van der Waals surface area (Å²) >= 11 is 1.47. The van der Waals surface area contributed by atoms with Crippen molar-refractivity contribution < 1.29 is 19.1 Å². The van der Waals surface area contributed by atoms with Gasteiger partial charge in [-0.3, -0.25) is 4.79 Å². The lowest BCUT2D eigenvalue weighted by Crippen LogP contribution is -2.38. The van der Waals surface area contributed by atoms with E-state index in [0.29, 0.717) is 29.4 Å². The third-order valence-electron chi connectivity index (χ3n) is 5.69. The minimum absolute atomic E-state index is 0.0244. The molecule has 2 heterocycles. The van der Waals surface area contributed by atoms with Crippen LogP contribution in [-0.4, -0.2) is 42.7 Å². The number of allylic oxidation sites excluding steroid dienone is 1. The van der Waals surface area contributed by atoms with Crippen LogP contribution in [0.5, 0.6) is 5.75 Å². The first-order valence-corrected chi connectivity index (χ1v) is 11.4. The Hall–Kier alpha value is -2.74. The Balaban J connectivity index is 1.72. The molecule has 1 fully saturated rings. The highest BCUT2D eigenvalue weighted by atomic mass is 32.2. The summed E-state index contributed by atoms with van der Waals surface area (Å²) in [6.07, 6.45) is 3.18. The molecule has 0 radical (unpaired) electrons. The van der Waals surface area contributed by atoms with Crippen LogP contribution in [0.2, 0.25) is 0 Å². The third kappa shape index (κ3) is 4.35. The number of carbonyl (C=O) groups is 2. The molecule has 31 heavy (non-hydrogen) atoms. The molecule has 4 rings (SSSR count). The second kappa shape index (κ2) is 9.18. The van der Waals surface area contributed by atoms with Crippen LogP contribution >= 0.6 is 11.8 Å². The van der Waals surface area contributed by atoms with Crippen molar-refractivity contribution in [2.75, 3.05) is 20.8 Å². The topological polar surface area (TPSA) is 80.2 Å². The highest BCUT2D eigenvalue weighted by Crippen LogP contribution is 2.47. The predicted octanol–water partition coefficient (Wildman–Crippen LogP) is 3.75. The van der Waals surface area contributed by atoms with Crippen LogP contribution in [-0.2, 0) is 14.3 Å². The molecule has 1 aromatic carbocycles. The van der Waals surface area contributed by atoms with Gasteiger partial charge in [-0.15, -0.1) is 0 Å². The van der Waals surface area contributed by atoms with Gasteiger partial charge in [0.2, 0.25) is 5.91 Å². The molecule has 1 N–H and O–H groups in total. The van der Waals surface area contributed by atoms with Crippen molar-refractivity contribution in [1.82, 2.24) is 10.2 Å². The zero-order chi connectivity index (χ0) is 22.0. The molecule has 1 saturated carbocycles. The highest BCUT2D eigenvalue weighted by molar-refractivity contribution is 8.16. The fourth-order valence-electron chi connectivity index (χ4n) is 3.91. The molecule has 1 aromatic rings. The van der Waals surface area contributed by atoms with Crippen molar-refractivity contribution in [3.05, 3.63) is 52.2 Å². The zero-order valence-corrected chi connectivity index (χ0v) is 18.8. The van der Waals surface area contributed by atoms with Gasteiger partial charge in [-0.1, -0.05) is 36.9 Å². The molecule has 0 spiro atoms. The summed E-state index contributed by atoms with van der Waals surface area (Å²) in [5, 5.41) is 5.73. The van der Waals surface area contributed by atoms with Gasteiger partial charge in [0, 0.05) is 17.8 Å². The van der Waals surface area contributed by atoms with Crippen molar-refractivity contribution >= 4 is 28.8 Å². The SMILES string of the molecule is CCC1=C(C(=O)OC)[C@@H](c2ccccc2OC)N2C(CC(=O)NCC3CC3)=CSC2=N1. The lowest BCUT2D eigenvalue weighted by atomic mass is 9.92. The molecule has 0 bridgehead atoms. The van der Waals surface area contributed by atoms with E-state index >= 15 is 0 Å². The summed E-state index contributed by atoms with van der Waals surface area (Å²) in [6, 6.07) is 7.14. The van der Waals surface area contributed by atoms with Crippen LogP contribution in [0.15, 0.2) is 51.6 Å². The first kappa shape index (κ1) is 21.5. The van der Waals surface area contributed by atoms with Crippen LogP contribution in [0.3, 0.4) is 0 Å². The molecule has 164 valence electrons. The number of nitrogens with zero attached hydrogens (tertiary/aromatic N) is 2. The first-order chi connectivity index (χ1) is 15.1. The normalized spacial score (nSPS) is 20.1. The smallest absolute Gasteiger partial charge is 0.338 e. The summed E-state index contributed by atoms with van der Waals surface area (Å²) in [7, 11) is 2.99. The van der Waals surface area contributed by atoms with Crippen LogP contribution in [0.1, 0.15) is 44.2 Å². The number of fused-ring (bicyclic) bond motifs is 1. The minimum Gasteiger partial charge on any atom is -0.496 e. The van der Waals surface area contributed by atoms with Crippen LogP contribution < -0.4 is 10.1 Å². The summed E-state index contributed by atoms with van der Waals surface area (Å²) in [4.78, 5) is 32.2. The maximum atomic E-state index is 12.9. The number of thioether (sulfide) groups is 1. The Bertz CT molecular complexity index is 981. The van der Waals surface area contributed by atoms with Crippen LogP contribution in [0, 0.1) is 5.92 Å². The van der Waals surface area contributed by atoms with Crippen molar-refractivity contribution in [1.29, 1.82) is 0 Å². The number of hydrogen-bond acceptors (Lipinski definition) is 7. The number of ether oxygens (including phenoxy) is 2. The van der Waals surface area contributed by atoms with Crippen molar-refractivity contribution in [3.8, 4) is 5.75 Å². The fraction of sp³-hybridized carbons (Fsp3) is 0.435. The van der Waals surface area contributed by atoms with Crippen molar-refractivity contribution in [3.63, 3.8) is 0 Å². The number of para-hydroxylation sites is 1. The molecular weight excluding hydrogens is 414 g/mol. The number of hydrogen-bond donors (Lipinski definition) is 1. The Labute approximate surface area is 186 Å². The van der Waals surface area contributed by atoms with E-state index in [0.717, 1.165) is 23.0 Å². The predicted molar refractivity (Wildman–Crippen MR) is 120 cm³/mol. The van der Waals surface area contributed by atoms with E-state index in [1.54, 1.807) is 7.11 Å². The van der Waals surface area contributed by atoms with Gasteiger partial charge in [-0.2, -0.15) is 0 Å². The van der Waals surface area contributed by atoms with Crippen molar-refractivity contribution in [2.45, 2.75) is 38.6 Å². The molecule has 3 aliphatic rings. The van der Waals surface area contributed by atoms with E-state index in [1.165, 1.54) is 31.7 Å². The van der Waals surface area contributed by atoms with E-state index in [4.69, 9.17) is 14.5 Å². The average molecular weight is 442 g/mol. The molecule has 0 unspecified atom stereocenters. The number of rotatable bonds is 8. The molecule has 0 saturated heterocycles. The maximum absolute atomic E-state index is 12.9. The van der Waals surface area contributed by atoms with Gasteiger partial charge in [0.05, 0.1) is 38.0 Å². The monoisotopic (exact) mass is 441 g/mol. The molecule has 0 aromatic heterocycles. The van der Waals surface area contributed by atoms with Gasteiger partial charge in [0.1, 0.15) is 5.75 Å². The summed E-state index contributed by atoms with van der Waals surface area (Å²) in [5.41, 5.74) is 2.81. The summed E-state index contributed by atoms with van der Waals surface area (Å²) < 4.78 is 10.8. The maximum Gasteiger partial charge on any atom is 0.338 e. The van der Waals surface area contributed by atoms with Crippen LogP contribution in [0.25, 0.3) is 0 Å². The largest absolute Gasteiger partial charge is 0.496 e. The van der Waals surface area contributed by atoms with Gasteiger partial charge in [0.25, 0.3) is 0 Å². The number of benzene rings is 1. The summed E-state index contributed by atoms with van der Waals surface area (Å²) in [6.45, 7) is 2.69. The quantitative estimate of drug-likeness (QED) is 0.619. The van der Waals surface area contributed by atoms with E-state index in [1.807, 2.05) is 41.5 Å². The highest BCUT2D eigenvalue weighted by Gasteiger charge is 2.42. The third-order valence-corrected chi connectivity index (χ3v) is 6.58. The number of amides is 1. The van der Waals surface area contributed by atoms with Gasteiger partial charge in [-0.05, 0) is 36.7 Å².